The van der Waals surface area contributed by atoms with E-state index in [-0.39, 0.29) is 0 Å². The lowest BCUT2D eigenvalue weighted by atomic mass is 9.94. The number of anilines is 1. The Morgan fingerprint density at radius 2 is 2.00 bits per heavy atom. The maximum absolute atomic E-state index is 11.9. The summed E-state index contributed by atoms with van der Waals surface area (Å²) in [6.07, 6.45) is 3.91. The molecule has 0 saturated carbocycles. The number of rotatable bonds is 1. The van der Waals surface area contributed by atoms with Crippen molar-refractivity contribution < 1.29 is 9.53 Å². The van der Waals surface area contributed by atoms with E-state index in [4.69, 9.17) is 4.74 Å². The zero-order chi connectivity index (χ0) is 14.0. The standard InChI is InChI=1S/C15H22N2O2/c1-10-9-13(17-14(18)19-15(2,3)4)11-7-5-6-8-12(11)16-10/h9H,5-8H2,1-4H3,(H,16,17,18). The lowest BCUT2D eigenvalue weighted by Crippen LogP contribution is -2.28. The molecule has 104 valence electrons. The summed E-state index contributed by atoms with van der Waals surface area (Å²) in [6, 6.07) is 1.92. The summed E-state index contributed by atoms with van der Waals surface area (Å²) in [4.78, 5) is 16.4. The summed E-state index contributed by atoms with van der Waals surface area (Å²) < 4.78 is 5.30. The normalized spacial score (nSPS) is 14.7. The van der Waals surface area contributed by atoms with Crippen molar-refractivity contribution in [2.75, 3.05) is 5.32 Å². The van der Waals surface area contributed by atoms with Crippen LogP contribution in [-0.4, -0.2) is 16.7 Å². The van der Waals surface area contributed by atoms with E-state index in [9.17, 15) is 4.79 Å². The minimum absolute atomic E-state index is 0.397. The molecule has 0 aliphatic heterocycles. The Morgan fingerprint density at radius 3 is 2.68 bits per heavy atom. The predicted octanol–water partition coefficient (Wildman–Crippen LogP) is 3.62. The minimum atomic E-state index is -0.480. The largest absolute Gasteiger partial charge is 0.444 e. The lowest BCUT2D eigenvalue weighted by molar-refractivity contribution is 0.0636. The second kappa shape index (κ2) is 5.19. The number of nitrogens with zero attached hydrogens (tertiary/aromatic N) is 1. The van der Waals surface area contributed by atoms with Crippen LogP contribution in [0.25, 0.3) is 0 Å². The molecule has 0 radical (unpaired) electrons. The van der Waals surface area contributed by atoms with E-state index >= 15 is 0 Å². The van der Waals surface area contributed by atoms with Gasteiger partial charge in [0.2, 0.25) is 0 Å². The molecule has 0 fully saturated rings. The third kappa shape index (κ3) is 3.69. The molecule has 1 N–H and O–H groups in total. The van der Waals surface area contributed by atoms with Gasteiger partial charge in [-0.3, -0.25) is 10.3 Å². The average Bonchev–Trinajstić information content (AvgIpc) is 2.25. The zero-order valence-electron chi connectivity index (χ0n) is 12.2. The molecule has 4 heteroatoms. The Bertz CT molecular complexity index is 490. The molecule has 0 bridgehead atoms. The number of hydrogen-bond acceptors (Lipinski definition) is 3. The van der Waals surface area contributed by atoms with Gasteiger partial charge < -0.3 is 4.74 Å². The molecule has 2 rings (SSSR count). The van der Waals surface area contributed by atoms with Gasteiger partial charge in [0, 0.05) is 11.4 Å². The van der Waals surface area contributed by atoms with Gasteiger partial charge in [0.15, 0.2) is 0 Å². The summed E-state index contributed by atoms with van der Waals surface area (Å²) >= 11 is 0. The summed E-state index contributed by atoms with van der Waals surface area (Å²) in [5.41, 5.74) is 3.61. The first-order chi connectivity index (χ1) is 8.85. The number of pyridine rings is 1. The van der Waals surface area contributed by atoms with Crippen LogP contribution in [0.4, 0.5) is 10.5 Å². The molecule has 1 heterocycles. The fraction of sp³-hybridized carbons (Fsp3) is 0.600. The van der Waals surface area contributed by atoms with E-state index in [1.165, 1.54) is 12.0 Å². The third-order valence-electron chi connectivity index (χ3n) is 3.06. The molecular formula is C15H22N2O2. The van der Waals surface area contributed by atoms with Crippen molar-refractivity contribution in [3.8, 4) is 0 Å². The molecule has 1 aliphatic carbocycles. The minimum Gasteiger partial charge on any atom is -0.444 e. The van der Waals surface area contributed by atoms with E-state index in [0.717, 1.165) is 36.3 Å². The molecule has 0 saturated heterocycles. The Balaban J connectivity index is 2.20. The van der Waals surface area contributed by atoms with Gasteiger partial charge in [-0.05, 0) is 65.0 Å². The second-order valence-corrected chi connectivity index (χ2v) is 6.07. The van der Waals surface area contributed by atoms with Crippen LogP contribution in [0.2, 0.25) is 0 Å². The molecule has 0 spiro atoms. The van der Waals surface area contributed by atoms with Crippen molar-refractivity contribution in [2.24, 2.45) is 0 Å². The van der Waals surface area contributed by atoms with Gasteiger partial charge >= 0.3 is 6.09 Å². The number of hydrogen-bond donors (Lipinski definition) is 1. The summed E-state index contributed by atoms with van der Waals surface area (Å²) in [5.74, 6) is 0. The van der Waals surface area contributed by atoms with Crippen LogP contribution in [0.3, 0.4) is 0 Å². The Labute approximate surface area is 114 Å². The molecule has 0 atom stereocenters. The molecule has 0 unspecified atom stereocenters. The Hall–Kier alpha value is -1.58. The van der Waals surface area contributed by atoms with Crippen LogP contribution in [0.1, 0.15) is 50.6 Å². The first-order valence-electron chi connectivity index (χ1n) is 6.84. The smallest absolute Gasteiger partial charge is 0.412 e. The van der Waals surface area contributed by atoms with Crippen molar-refractivity contribution in [1.29, 1.82) is 0 Å². The van der Waals surface area contributed by atoms with E-state index in [0.29, 0.717) is 0 Å². The van der Waals surface area contributed by atoms with Gasteiger partial charge in [0.1, 0.15) is 5.60 Å². The van der Waals surface area contributed by atoms with Crippen LogP contribution in [0.5, 0.6) is 0 Å². The number of ether oxygens (including phenoxy) is 1. The fourth-order valence-corrected chi connectivity index (χ4v) is 2.37. The number of nitrogens with one attached hydrogen (secondary N) is 1. The second-order valence-electron chi connectivity index (χ2n) is 6.07. The molecule has 1 aliphatic rings. The molecular weight excluding hydrogens is 240 g/mol. The quantitative estimate of drug-likeness (QED) is 0.841. The van der Waals surface area contributed by atoms with Gasteiger partial charge in [-0.15, -0.1) is 0 Å². The Kier molecular flexibility index (Phi) is 3.78. The lowest BCUT2D eigenvalue weighted by Gasteiger charge is -2.22. The van der Waals surface area contributed by atoms with Crippen molar-refractivity contribution in [3.05, 3.63) is 23.0 Å². The predicted molar refractivity (Wildman–Crippen MR) is 75.5 cm³/mol. The SMILES string of the molecule is Cc1cc(NC(=O)OC(C)(C)C)c2c(n1)CCCC2. The number of amides is 1. The maximum atomic E-state index is 11.9. The number of carbonyl (C=O) groups is 1. The average molecular weight is 262 g/mol. The van der Waals surface area contributed by atoms with Crippen molar-refractivity contribution in [1.82, 2.24) is 4.98 Å². The highest BCUT2D eigenvalue weighted by atomic mass is 16.6. The monoisotopic (exact) mass is 262 g/mol. The van der Waals surface area contributed by atoms with Crippen LogP contribution in [-0.2, 0) is 17.6 Å². The molecule has 1 amide bonds. The molecule has 19 heavy (non-hydrogen) atoms. The molecule has 1 aromatic heterocycles. The first-order valence-corrected chi connectivity index (χ1v) is 6.84. The summed E-state index contributed by atoms with van der Waals surface area (Å²) in [5, 5.41) is 2.87. The van der Waals surface area contributed by atoms with Gasteiger partial charge in [-0.2, -0.15) is 0 Å². The van der Waals surface area contributed by atoms with Gasteiger partial charge in [-0.25, -0.2) is 4.79 Å². The van der Waals surface area contributed by atoms with E-state index in [1.807, 2.05) is 33.8 Å². The van der Waals surface area contributed by atoms with Crippen molar-refractivity contribution >= 4 is 11.8 Å². The van der Waals surface area contributed by atoms with Gasteiger partial charge in [0.25, 0.3) is 0 Å². The van der Waals surface area contributed by atoms with Crippen LogP contribution < -0.4 is 5.32 Å². The summed E-state index contributed by atoms with van der Waals surface area (Å²) in [6.45, 7) is 7.54. The first kappa shape index (κ1) is 13.8. The molecule has 1 aromatic rings. The van der Waals surface area contributed by atoms with Gasteiger partial charge in [0.05, 0.1) is 5.69 Å². The van der Waals surface area contributed by atoms with Crippen LogP contribution >= 0.6 is 0 Å². The molecule has 0 aromatic carbocycles. The Morgan fingerprint density at radius 1 is 1.32 bits per heavy atom. The maximum Gasteiger partial charge on any atom is 0.412 e. The zero-order valence-corrected chi connectivity index (χ0v) is 12.2. The number of aryl methyl sites for hydroxylation is 2. The van der Waals surface area contributed by atoms with E-state index < -0.39 is 11.7 Å². The van der Waals surface area contributed by atoms with Crippen molar-refractivity contribution in [2.45, 2.75) is 59.0 Å². The number of carbonyl (C=O) groups excluding carboxylic acids is 1. The number of fused-ring (bicyclic) bond motifs is 1. The van der Waals surface area contributed by atoms with Gasteiger partial charge in [-0.1, -0.05) is 0 Å². The summed E-state index contributed by atoms with van der Waals surface area (Å²) in [7, 11) is 0. The topological polar surface area (TPSA) is 51.2 Å². The fourth-order valence-electron chi connectivity index (χ4n) is 2.37. The molecule has 4 nitrogen and oxygen atoms in total. The third-order valence-corrected chi connectivity index (χ3v) is 3.06. The highest BCUT2D eigenvalue weighted by molar-refractivity contribution is 5.86. The number of aromatic nitrogens is 1. The van der Waals surface area contributed by atoms with Crippen LogP contribution in [0, 0.1) is 6.92 Å². The highest BCUT2D eigenvalue weighted by Gasteiger charge is 2.20. The van der Waals surface area contributed by atoms with E-state index in [1.54, 1.807) is 0 Å². The highest BCUT2D eigenvalue weighted by Crippen LogP contribution is 2.27. The van der Waals surface area contributed by atoms with Crippen molar-refractivity contribution in [3.63, 3.8) is 0 Å². The van der Waals surface area contributed by atoms with Crippen LogP contribution in [0.15, 0.2) is 6.07 Å². The van der Waals surface area contributed by atoms with E-state index in [2.05, 4.69) is 10.3 Å².